The highest BCUT2D eigenvalue weighted by atomic mass is 19.1. The van der Waals surface area contributed by atoms with E-state index in [0.29, 0.717) is 5.69 Å². The summed E-state index contributed by atoms with van der Waals surface area (Å²) in [7, 11) is 0. The number of alkyl halides is 1. The minimum Gasteiger partial charge on any atom is -0.306 e. The van der Waals surface area contributed by atoms with Crippen molar-refractivity contribution in [3.63, 3.8) is 0 Å². The average Bonchev–Trinajstić information content (AvgIpc) is 2.16. The predicted octanol–water partition coefficient (Wildman–Crippen LogP) is 1.67. The zero-order chi connectivity index (χ0) is 9.52. The highest BCUT2D eigenvalue weighted by Crippen LogP contribution is 2.03. The second kappa shape index (κ2) is 5.10. The lowest BCUT2D eigenvalue weighted by atomic mass is 10.3. The monoisotopic (exact) mass is 184 g/mol. The number of nitrogens with one attached hydrogen (secondary N) is 2. The largest absolute Gasteiger partial charge is 0.343 e. The molecular formula is C8H9FN2O2. The van der Waals surface area contributed by atoms with Gasteiger partial charge in [-0.3, -0.25) is 0 Å². The average molecular weight is 184 g/mol. The van der Waals surface area contributed by atoms with E-state index in [1.165, 1.54) is 0 Å². The molecule has 2 amide bonds. The first-order chi connectivity index (χ1) is 6.33. The number of benzene rings is 1. The second-order valence-electron chi connectivity index (χ2n) is 2.18. The van der Waals surface area contributed by atoms with E-state index in [1.54, 1.807) is 24.3 Å². The Morgan fingerprint density at radius 1 is 1.38 bits per heavy atom. The topological polar surface area (TPSA) is 50.4 Å². The zero-order valence-corrected chi connectivity index (χ0v) is 6.79. The number of carbonyl (C=O) groups is 1. The molecule has 1 aromatic carbocycles. The van der Waals surface area contributed by atoms with Crippen molar-refractivity contribution in [2.24, 2.45) is 0 Å². The summed E-state index contributed by atoms with van der Waals surface area (Å²) in [5.41, 5.74) is 2.47. The highest BCUT2D eigenvalue weighted by Gasteiger charge is 1.98. The van der Waals surface area contributed by atoms with Crippen LogP contribution in [0.1, 0.15) is 0 Å². The fourth-order valence-electron chi connectivity index (χ4n) is 0.771. The highest BCUT2D eigenvalue weighted by molar-refractivity contribution is 5.88. The van der Waals surface area contributed by atoms with Crippen LogP contribution in [-0.4, -0.2) is 12.9 Å². The van der Waals surface area contributed by atoms with E-state index >= 15 is 0 Å². The molecule has 1 aromatic rings. The molecule has 0 aromatic heterocycles. The first-order valence-electron chi connectivity index (χ1n) is 3.62. The van der Waals surface area contributed by atoms with Gasteiger partial charge < -0.3 is 5.32 Å². The minimum absolute atomic E-state index is 0.608. The molecular weight excluding hydrogens is 175 g/mol. The molecule has 0 aliphatic heterocycles. The quantitative estimate of drug-likeness (QED) is 0.702. The van der Waals surface area contributed by atoms with Gasteiger partial charge in [0, 0.05) is 5.69 Å². The number of carbonyl (C=O) groups excluding carboxylic acids is 1. The first-order valence-corrected chi connectivity index (χ1v) is 3.62. The van der Waals surface area contributed by atoms with Crippen LogP contribution in [0.15, 0.2) is 30.3 Å². The Bertz CT molecular complexity index is 266. The van der Waals surface area contributed by atoms with Crippen LogP contribution in [0.2, 0.25) is 0 Å². The third kappa shape index (κ3) is 3.53. The summed E-state index contributed by atoms with van der Waals surface area (Å²) in [5.74, 6) is 0. The lowest BCUT2D eigenvalue weighted by Gasteiger charge is -2.04. The molecule has 0 fully saturated rings. The van der Waals surface area contributed by atoms with Crippen LogP contribution >= 0.6 is 0 Å². The lowest BCUT2D eigenvalue weighted by Crippen LogP contribution is -2.28. The van der Waals surface area contributed by atoms with E-state index in [-0.39, 0.29) is 0 Å². The number of amides is 2. The number of hydroxylamine groups is 1. The Hall–Kier alpha value is -1.62. The van der Waals surface area contributed by atoms with Crippen molar-refractivity contribution in [2.75, 3.05) is 12.2 Å². The molecule has 0 radical (unpaired) electrons. The summed E-state index contributed by atoms with van der Waals surface area (Å²) < 4.78 is 11.4. The van der Waals surface area contributed by atoms with Crippen molar-refractivity contribution in [2.45, 2.75) is 0 Å². The smallest absolute Gasteiger partial charge is 0.306 e. The molecule has 0 aliphatic carbocycles. The van der Waals surface area contributed by atoms with Gasteiger partial charge in [-0.2, -0.15) is 0 Å². The number of halogens is 1. The Kier molecular flexibility index (Phi) is 3.72. The van der Waals surface area contributed by atoms with Crippen molar-refractivity contribution >= 4 is 11.7 Å². The maximum atomic E-state index is 11.4. The van der Waals surface area contributed by atoms with Crippen molar-refractivity contribution in [1.29, 1.82) is 0 Å². The first kappa shape index (κ1) is 9.47. The van der Waals surface area contributed by atoms with Gasteiger partial charge in [0.2, 0.25) is 6.86 Å². The maximum absolute atomic E-state index is 11.4. The van der Waals surface area contributed by atoms with Crippen LogP contribution in [-0.2, 0) is 4.84 Å². The fraction of sp³-hybridized carbons (Fsp3) is 0.125. The Morgan fingerprint density at radius 2 is 2.08 bits per heavy atom. The van der Waals surface area contributed by atoms with E-state index in [4.69, 9.17) is 0 Å². The Balaban J connectivity index is 2.37. The van der Waals surface area contributed by atoms with Gasteiger partial charge in [-0.15, -0.1) is 0 Å². The van der Waals surface area contributed by atoms with Crippen molar-refractivity contribution < 1.29 is 14.0 Å². The van der Waals surface area contributed by atoms with Crippen LogP contribution in [0.4, 0.5) is 14.9 Å². The third-order valence-electron chi connectivity index (χ3n) is 1.25. The van der Waals surface area contributed by atoms with Crippen LogP contribution in [0.3, 0.4) is 0 Å². The number of urea groups is 1. The van der Waals surface area contributed by atoms with Gasteiger partial charge >= 0.3 is 6.03 Å². The van der Waals surface area contributed by atoms with Crippen LogP contribution < -0.4 is 10.8 Å². The van der Waals surface area contributed by atoms with Gasteiger partial charge in [0.05, 0.1) is 0 Å². The number of hydrogen-bond acceptors (Lipinski definition) is 2. The van der Waals surface area contributed by atoms with Gasteiger partial charge in [-0.05, 0) is 12.1 Å². The molecule has 1 rings (SSSR count). The molecule has 5 heteroatoms. The van der Waals surface area contributed by atoms with Crippen molar-refractivity contribution in [1.82, 2.24) is 5.48 Å². The van der Waals surface area contributed by atoms with Gasteiger partial charge in [0.15, 0.2) is 0 Å². The summed E-state index contributed by atoms with van der Waals surface area (Å²) in [4.78, 5) is 14.9. The van der Waals surface area contributed by atoms with Gasteiger partial charge in [-0.1, -0.05) is 18.2 Å². The summed E-state index contributed by atoms with van der Waals surface area (Å²) in [6, 6.07) is 8.16. The molecule has 0 spiro atoms. The molecule has 0 heterocycles. The predicted molar refractivity (Wildman–Crippen MR) is 45.7 cm³/mol. The molecule has 13 heavy (non-hydrogen) atoms. The number of para-hydroxylation sites is 1. The van der Waals surface area contributed by atoms with E-state index < -0.39 is 12.9 Å². The molecule has 0 saturated heterocycles. The molecule has 2 N–H and O–H groups in total. The van der Waals surface area contributed by atoms with Gasteiger partial charge in [-0.25, -0.2) is 19.5 Å². The summed E-state index contributed by atoms with van der Waals surface area (Å²) in [6.45, 7) is -1.05. The van der Waals surface area contributed by atoms with E-state index in [9.17, 15) is 9.18 Å². The SMILES string of the molecule is O=C(NOCF)Nc1ccccc1. The van der Waals surface area contributed by atoms with Crippen LogP contribution in [0.5, 0.6) is 0 Å². The van der Waals surface area contributed by atoms with E-state index in [2.05, 4.69) is 10.2 Å². The Morgan fingerprint density at radius 3 is 2.69 bits per heavy atom. The zero-order valence-electron chi connectivity index (χ0n) is 6.79. The van der Waals surface area contributed by atoms with Crippen molar-refractivity contribution in [3.8, 4) is 0 Å². The van der Waals surface area contributed by atoms with Gasteiger partial charge in [0.25, 0.3) is 0 Å². The summed E-state index contributed by atoms with van der Waals surface area (Å²) >= 11 is 0. The van der Waals surface area contributed by atoms with Crippen LogP contribution in [0.25, 0.3) is 0 Å². The van der Waals surface area contributed by atoms with Crippen LogP contribution in [0, 0.1) is 0 Å². The molecule has 0 saturated carbocycles. The molecule has 0 aliphatic rings. The molecule has 0 atom stereocenters. The molecule has 0 unspecified atom stereocenters. The third-order valence-corrected chi connectivity index (χ3v) is 1.25. The van der Waals surface area contributed by atoms with Gasteiger partial charge in [0.1, 0.15) is 0 Å². The maximum Gasteiger partial charge on any atom is 0.343 e. The normalized spacial score (nSPS) is 9.31. The molecule has 0 bridgehead atoms. The molecule has 70 valence electrons. The Labute approximate surface area is 74.7 Å². The van der Waals surface area contributed by atoms with Crippen molar-refractivity contribution in [3.05, 3.63) is 30.3 Å². The number of anilines is 1. The lowest BCUT2D eigenvalue weighted by molar-refractivity contribution is 0.00637. The minimum atomic E-state index is -1.05. The second-order valence-corrected chi connectivity index (χ2v) is 2.18. The van der Waals surface area contributed by atoms with E-state index in [1.807, 2.05) is 11.5 Å². The number of rotatable bonds is 3. The van der Waals surface area contributed by atoms with E-state index in [0.717, 1.165) is 0 Å². The summed E-state index contributed by atoms with van der Waals surface area (Å²) in [6.07, 6.45) is 0. The summed E-state index contributed by atoms with van der Waals surface area (Å²) in [5, 5.41) is 2.44. The fourth-order valence-corrected chi connectivity index (χ4v) is 0.771. The molecule has 4 nitrogen and oxygen atoms in total. The number of hydrogen-bond donors (Lipinski definition) is 2. The standard InChI is InChI=1S/C8H9FN2O2/c9-6-13-11-8(12)10-7-4-2-1-3-5-7/h1-5H,6H2,(H2,10,11,12).